The van der Waals surface area contributed by atoms with Crippen molar-refractivity contribution < 1.29 is 31.5 Å². The first-order valence-electron chi connectivity index (χ1n) is 10.6. The summed E-state index contributed by atoms with van der Waals surface area (Å²) in [6, 6.07) is 17.3. The van der Waals surface area contributed by atoms with Crippen LogP contribution in [0.1, 0.15) is 31.9 Å². The van der Waals surface area contributed by atoms with Crippen molar-refractivity contribution in [3.05, 3.63) is 101 Å². The van der Waals surface area contributed by atoms with Gasteiger partial charge in [-0.05, 0) is 16.5 Å². The maximum atomic E-state index is 14.2. The molecule has 0 radical (unpaired) electrons. The van der Waals surface area contributed by atoms with Crippen molar-refractivity contribution in [1.29, 1.82) is 0 Å². The maximum Gasteiger partial charge on any atom is 0.329 e. The van der Waals surface area contributed by atoms with Crippen molar-refractivity contribution >= 4 is 5.97 Å². The summed E-state index contributed by atoms with van der Waals surface area (Å²) in [7, 11) is 0. The minimum absolute atomic E-state index is 0.268. The Labute approximate surface area is 194 Å². The van der Waals surface area contributed by atoms with Crippen LogP contribution >= 0.6 is 0 Å². The van der Waals surface area contributed by atoms with Crippen LogP contribution in [0.15, 0.2) is 60.7 Å². The Balaban J connectivity index is 2.02. The molecule has 0 aliphatic heterocycles. The van der Waals surface area contributed by atoms with Gasteiger partial charge in [0.1, 0.15) is 6.04 Å². The lowest BCUT2D eigenvalue weighted by molar-refractivity contribution is -0.146. The molecule has 8 heteroatoms. The molecule has 0 amide bonds. The van der Waals surface area contributed by atoms with E-state index in [2.05, 4.69) is 0 Å². The third kappa shape index (κ3) is 5.62. The average Bonchev–Trinajstić information content (AvgIpc) is 2.80. The SMILES string of the molecule is CC(C)(C)C(C(=O)Oc1c(F)c(F)c(F)c(F)c1F)N(Cc1ccccc1)Cc1ccccc1. The largest absolute Gasteiger partial charge is 0.419 e. The second-order valence-corrected chi connectivity index (χ2v) is 8.96. The van der Waals surface area contributed by atoms with Gasteiger partial charge in [-0.15, -0.1) is 0 Å². The van der Waals surface area contributed by atoms with Crippen molar-refractivity contribution in [2.24, 2.45) is 5.41 Å². The standard InChI is InChI=1S/C26H24F5NO2/c1-26(2,3)24(25(33)34-23-21(30)19(28)18(27)20(29)22(23)31)32(14-16-10-6-4-7-11-16)15-17-12-8-5-9-13-17/h4-13,24H,14-15H2,1-3H3. The molecule has 0 aliphatic rings. The lowest BCUT2D eigenvalue weighted by Gasteiger charge is -2.38. The van der Waals surface area contributed by atoms with E-state index >= 15 is 0 Å². The van der Waals surface area contributed by atoms with E-state index in [-0.39, 0.29) is 13.1 Å². The molecule has 180 valence electrons. The summed E-state index contributed by atoms with van der Waals surface area (Å²) in [4.78, 5) is 15.0. The molecule has 3 nitrogen and oxygen atoms in total. The number of halogens is 5. The zero-order valence-corrected chi connectivity index (χ0v) is 18.9. The fourth-order valence-electron chi connectivity index (χ4n) is 3.76. The summed E-state index contributed by atoms with van der Waals surface area (Å²) >= 11 is 0. The second kappa shape index (κ2) is 10.3. The van der Waals surface area contributed by atoms with Gasteiger partial charge < -0.3 is 4.74 Å². The molecule has 0 saturated heterocycles. The number of hydrogen-bond donors (Lipinski definition) is 0. The van der Waals surface area contributed by atoms with Gasteiger partial charge in [-0.2, -0.15) is 8.78 Å². The highest BCUT2D eigenvalue weighted by molar-refractivity contribution is 5.79. The Kier molecular flexibility index (Phi) is 7.71. The van der Waals surface area contributed by atoms with E-state index in [4.69, 9.17) is 4.74 Å². The van der Waals surface area contributed by atoms with Gasteiger partial charge >= 0.3 is 5.97 Å². The van der Waals surface area contributed by atoms with Crippen LogP contribution < -0.4 is 4.74 Å². The highest BCUT2D eigenvalue weighted by atomic mass is 19.2. The predicted molar refractivity (Wildman–Crippen MR) is 117 cm³/mol. The zero-order valence-electron chi connectivity index (χ0n) is 18.9. The third-order valence-electron chi connectivity index (χ3n) is 5.24. The molecule has 0 aliphatic carbocycles. The number of nitrogens with zero attached hydrogens (tertiary/aromatic N) is 1. The van der Waals surface area contributed by atoms with Crippen molar-refractivity contribution in [1.82, 2.24) is 4.90 Å². The Morgan fingerprint density at radius 3 is 1.50 bits per heavy atom. The van der Waals surface area contributed by atoms with Gasteiger partial charge in [0.05, 0.1) is 0 Å². The highest BCUT2D eigenvalue weighted by Gasteiger charge is 2.40. The normalized spacial score (nSPS) is 12.6. The van der Waals surface area contributed by atoms with Gasteiger partial charge in [0.25, 0.3) is 0 Å². The van der Waals surface area contributed by atoms with Gasteiger partial charge in [0.2, 0.25) is 34.8 Å². The summed E-state index contributed by atoms with van der Waals surface area (Å²) in [5.41, 5.74) is 0.887. The van der Waals surface area contributed by atoms with E-state index in [9.17, 15) is 26.7 Å². The minimum Gasteiger partial charge on any atom is -0.419 e. The molecule has 0 N–H and O–H groups in total. The number of rotatable bonds is 7. The number of benzene rings is 3. The van der Waals surface area contributed by atoms with Crippen molar-refractivity contribution in [2.45, 2.75) is 39.9 Å². The number of carbonyl (C=O) groups is 1. The number of ether oxygens (including phenoxy) is 1. The second-order valence-electron chi connectivity index (χ2n) is 8.96. The molecule has 34 heavy (non-hydrogen) atoms. The lowest BCUT2D eigenvalue weighted by atomic mass is 9.85. The number of esters is 1. The first-order valence-corrected chi connectivity index (χ1v) is 10.6. The predicted octanol–water partition coefficient (Wildman–Crippen LogP) is 6.40. The zero-order chi connectivity index (χ0) is 25.0. The highest BCUT2D eigenvalue weighted by Crippen LogP contribution is 2.33. The summed E-state index contributed by atoms with van der Waals surface area (Å²) < 4.78 is 74.0. The van der Waals surface area contributed by atoms with E-state index < -0.39 is 52.3 Å². The molecule has 0 saturated carbocycles. The summed E-state index contributed by atoms with van der Waals surface area (Å²) in [6.45, 7) is 5.70. The van der Waals surface area contributed by atoms with E-state index in [1.807, 2.05) is 60.7 Å². The van der Waals surface area contributed by atoms with Crippen LogP contribution in [-0.2, 0) is 17.9 Å². The molecule has 3 aromatic rings. The Morgan fingerprint density at radius 1 is 0.735 bits per heavy atom. The molecule has 0 bridgehead atoms. The fourth-order valence-corrected chi connectivity index (χ4v) is 3.76. The molecule has 1 unspecified atom stereocenters. The molecular weight excluding hydrogens is 453 g/mol. The van der Waals surface area contributed by atoms with Gasteiger partial charge in [-0.3, -0.25) is 4.90 Å². The van der Waals surface area contributed by atoms with E-state index in [1.54, 1.807) is 25.7 Å². The summed E-state index contributed by atoms with van der Waals surface area (Å²) in [5, 5.41) is 0. The Morgan fingerprint density at radius 2 is 1.12 bits per heavy atom. The van der Waals surface area contributed by atoms with Crippen LogP contribution in [0, 0.1) is 34.5 Å². The Bertz CT molecular complexity index is 1080. The third-order valence-corrected chi connectivity index (χ3v) is 5.24. The summed E-state index contributed by atoms with van der Waals surface area (Å²) in [6.07, 6.45) is 0. The minimum atomic E-state index is -2.32. The van der Waals surface area contributed by atoms with E-state index in [0.29, 0.717) is 0 Å². The van der Waals surface area contributed by atoms with E-state index in [1.165, 1.54) is 0 Å². The molecule has 0 fully saturated rings. The van der Waals surface area contributed by atoms with Gasteiger partial charge in [0.15, 0.2) is 0 Å². The lowest BCUT2D eigenvalue weighted by Crippen LogP contribution is -2.50. The van der Waals surface area contributed by atoms with Crippen LogP contribution in [0.5, 0.6) is 5.75 Å². The Hall–Kier alpha value is -3.26. The first kappa shape index (κ1) is 25.4. The molecule has 3 rings (SSSR count). The fraction of sp³-hybridized carbons (Fsp3) is 0.269. The smallest absolute Gasteiger partial charge is 0.329 e. The van der Waals surface area contributed by atoms with E-state index in [0.717, 1.165) is 11.1 Å². The van der Waals surface area contributed by atoms with Gasteiger partial charge in [-0.1, -0.05) is 81.4 Å². The van der Waals surface area contributed by atoms with Crippen LogP contribution in [0.4, 0.5) is 22.0 Å². The first-order chi connectivity index (χ1) is 16.0. The van der Waals surface area contributed by atoms with Crippen molar-refractivity contribution in [3.63, 3.8) is 0 Å². The maximum absolute atomic E-state index is 14.2. The van der Waals surface area contributed by atoms with Crippen molar-refractivity contribution in [2.75, 3.05) is 0 Å². The van der Waals surface area contributed by atoms with Crippen LogP contribution in [0.25, 0.3) is 0 Å². The topological polar surface area (TPSA) is 29.5 Å². The number of hydrogen-bond acceptors (Lipinski definition) is 3. The summed E-state index contributed by atoms with van der Waals surface area (Å²) in [5.74, 6) is -13.8. The monoisotopic (exact) mass is 477 g/mol. The molecule has 3 aromatic carbocycles. The molecule has 1 atom stereocenters. The quantitative estimate of drug-likeness (QED) is 0.130. The number of carbonyl (C=O) groups excluding carboxylic acids is 1. The van der Waals surface area contributed by atoms with Crippen LogP contribution in [-0.4, -0.2) is 16.9 Å². The van der Waals surface area contributed by atoms with Crippen molar-refractivity contribution in [3.8, 4) is 5.75 Å². The molecular formula is C26H24F5NO2. The van der Waals surface area contributed by atoms with Gasteiger partial charge in [-0.25, -0.2) is 18.0 Å². The molecule has 0 aromatic heterocycles. The molecule has 0 spiro atoms. The van der Waals surface area contributed by atoms with Gasteiger partial charge in [0, 0.05) is 13.1 Å². The average molecular weight is 477 g/mol. The van der Waals surface area contributed by atoms with Crippen LogP contribution in [0.2, 0.25) is 0 Å². The van der Waals surface area contributed by atoms with Crippen LogP contribution in [0.3, 0.4) is 0 Å². The molecule has 0 heterocycles.